The number of fused-ring (bicyclic) bond motifs is 1. The number of imide groups is 1. The minimum atomic E-state index is -0.440. The van der Waals surface area contributed by atoms with Crippen molar-refractivity contribution in [3.05, 3.63) is 103 Å². The van der Waals surface area contributed by atoms with Gasteiger partial charge in [0.05, 0.1) is 24.3 Å². The molecular formula is C22H15Br2F2NO3. The largest absolute Gasteiger partial charge is 0.392 e. The zero-order valence-corrected chi connectivity index (χ0v) is 18.6. The van der Waals surface area contributed by atoms with Crippen LogP contribution in [-0.2, 0) is 13.2 Å². The van der Waals surface area contributed by atoms with Crippen molar-refractivity contribution >= 4 is 43.7 Å². The number of hydrogen-bond donors (Lipinski definition) is 1. The van der Waals surface area contributed by atoms with Gasteiger partial charge in [-0.25, -0.2) is 8.78 Å². The van der Waals surface area contributed by atoms with Gasteiger partial charge in [0, 0.05) is 20.1 Å². The van der Waals surface area contributed by atoms with E-state index in [0.29, 0.717) is 26.7 Å². The van der Waals surface area contributed by atoms with Gasteiger partial charge in [-0.3, -0.25) is 14.5 Å². The van der Waals surface area contributed by atoms with Crippen LogP contribution in [0.15, 0.2) is 69.6 Å². The van der Waals surface area contributed by atoms with E-state index in [2.05, 4.69) is 31.9 Å². The number of aliphatic hydroxyl groups is 1. The third-order valence-electron chi connectivity index (χ3n) is 4.39. The molecule has 3 aromatic carbocycles. The van der Waals surface area contributed by atoms with E-state index >= 15 is 0 Å². The molecule has 1 N–H and O–H groups in total. The molecule has 0 aromatic heterocycles. The molecule has 0 fully saturated rings. The SMILES string of the molecule is O=C1c2ccccc2C(=O)N1Cc1cc(Br)ccc1F.OCc1cc(Br)ccc1F. The number of benzene rings is 3. The first-order chi connectivity index (χ1) is 14.3. The maximum Gasteiger partial charge on any atom is 0.261 e. The van der Waals surface area contributed by atoms with Crippen LogP contribution >= 0.6 is 31.9 Å². The summed E-state index contributed by atoms with van der Waals surface area (Å²) in [5.74, 6) is -1.58. The van der Waals surface area contributed by atoms with E-state index in [0.717, 1.165) is 9.37 Å². The molecule has 2 amide bonds. The summed E-state index contributed by atoms with van der Waals surface area (Å²) in [6, 6.07) is 15.5. The molecule has 0 aliphatic carbocycles. The molecular weight excluding hydrogens is 524 g/mol. The van der Waals surface area contributed by atoms with Gasteiger partial charge < -0.3 is 5.11 Å². The molecule has 8 heteroatoms. The van der Waals surface area contributed by atoms with Gasteiger partial charge in [-0.1, -0.05) is 44.0 Å². The molecule has 0 unspecified atom stereocenters. The Bertz CT molecular complexity index is 1090. The fourth-order valence-electron chi connectivity index (χ4n) is 2.88. The monoisotopic (exact) mass is 537 g/mol. The highest BCUT2D eigenvalue weighted by Crippen LogP contribution is 2.26. The third-order valence-corrected chi connectivity index (χ3v) is 5.38. The molecule has 0 spiro atoms. The number of halogens is 4. The summed E-state index contributed by atoms with van der Waals surface area (Å²) >= 11 is 6.41. The maximum absolute atomic E-state index is 13.7. The third kappa shape index (κ3) is 4.83. The van der Waals surface area contributed by atoms with Gasteiger partial charge in [0.1, 0.15) is 11.6 Å². The zero-order valence-electron chi connectivity index (χ0n) is 15.4. The van der Waals surface area contributed by atoms with Crippen molar-refractivity contribution in [2.24, 2.45) is 0 Å². The van der Waals surface area contributed by atoms with E-state index in [4.69, 9.17) is 5.11 Å². The lowest BCUT2D eigenvalue weighted by atomic mass is 10.1. The lowest BCUT2D eigenvalue weighted by Gasteiger charge is -2.14. The van der Waals surface area contributed by atoms with E-state index < -0.39 is 5.82 Å². The van der Waals surface area contributed by atoms with Crippen molar-refractivity contribution in [1.29, 1.82) is 0 Å². The Morgan fingerprint density at radius 2 is 1.23 bits per heavy atom. The number of amides is 2. The van der Waals surface area contributed by atoms with Crippen LogP contribution in [-0.4, -0.2) is 21.8 Å². The van der Waals surface area contributed by atoms with Crippen LogP contribution in [0.1, 0.15) is 31.8 Å². The summed E-state index contributed by atoms with van der Waals surface area (Å²) < 4.78 is 27.8. The molecule has 4 rings (SSSR count). The Morgan fingerprint density at radius 3 is 1.70 bits per heavy atom. The summed E-state index contributed by atoms with van der Waals surface area (Å²) in [5, 5.41) is 8.58. The molecule has 1 aliphatic rings. The van der Waals surface area contributed by atoms with Crippen LogP contribution in [0.4, 0.5) is 8.78 Å². The number of hydrogen-bond acceptors (Lipinski definition) is 3. The van der Waals surface area contributed by atoms with Gasteiger partial charge in [-0.2, -0.15) is 0 Å². The fraction of sp³-hybridized carbons (Fsp3) is 0.0909. The van der Waals surface area contributed by atoms with Crippen LogP contribution in [0.3, 0.4) is 0 Å². The minimum Gasteiger partial charge on any atom is -0.392 e. The summed E-state index contributed by atoms with van der Waals surface area (Å²) in [6.07, 6.45) is 0. The van der Waals surface area contributed by atoms with Crippen molar-refractivity contribution in [1.82, 2.24) is 4.90 Å². The topological polar surface area (TPSA) is 57.6 Å². The van der Waals surface area contributed by atoms with Crippen molar-refractivity contribution in [3.8, 4) is 0 Å². The summed E-state index contributed by atoms with van der Waals surface area (Å²) in [6.45, 7) is -0.330. The second-order valence-electron chi connectivity index (χ2n) is 6.37. The predicted octanol–water partition coefficient (Wildman–Crippen LogP) is 5.46. The normalized spacial score (nSPS) is 12.5. The smallest absolute Gasteiger partial charge is 0.261 e. The number of aliphatic hydroxyl groups excluding tert-OH is 1. The lowest BCUT2D eigenvalue weighted by Crippen LogP contribution is -2.29. The Morgan fingerprint density at radius 1 is 0.767 bits per heavy atom. The quantitative estimate of drug-likeness (QED) is 0.450. The molecule has 30 heavy (non-hydrogen) atoms. The average molecular weight is 539 g/mol. The van der Waals surface area contributed by atoms with E-state index in [1.165, 1.54) is 12.1 Å². The highest BCUT2D eigenvalue weighted by atomic mass is 79.9. The van der Waals surface area contributed by atoms with Crippen molar-refractivity contribution in [3.63, 3.8) is 0 Å². The average Bonchev–Trinajstić information content (AvgIpc) is 2.98. The van der Waals surface area contributed by atoms with Crippen molar-refractivity contribution in [2.75, 3.05) is 0 Å². The van der Waals surface area contributed by atoms with Crippen LogP contribution < -0.4 is 0 Å². The van der Waals surface area contributed by atoms with Gasteiger partial charge in [-0.15, -0.1) is 0 Å². The van der Waals surface area contributed by atoms with Crippen LogP contribution in [0.2, 0.25) is 0 Å². The molecule has 0 bridgehead atoms. The summed E-state index contributed by atoms with van der Waals surface area (Å²) in [7, 11) is 0. The molecule has 1 heterocycles. The molecule has 0 saturated heterocycles. The molecule has 0 atom stereocenters. The van der Waals surface area contributed by atoms with E-state index in [1.54, 1.807) is 48.5 Å². The first kappa shape index (κ1) is 22.3. The summed E-state index contributed by atoms with van der Waals surface area (Å²) in [5.41, 5.74) is 1.35. The second kappa shape index (κ2) is 9.59. The van der Waals surface area contributed by atoms with Crippen LogP contribution in [0.5, 0.6) is 0 Å². The minimum absolute atomic E-state index is 0.0718. The van der Waals surface area contributed by atoms with E-state index in [9.17, 15) is 18.4 Å². The Kier molecular flexibility index (Phi) is 7.12. The predicted molar refractivity (Wildman–Crippen MR) is 115 cm³/mol. The van der Waals surface area contributed by atoms with Gasteiger partial charge in [0.15, 0.2) is 0 Å². The highest BCUT2D eigenvalue weighted by molar-refractivity contribution is 9.10. The number of nitrogens with zero attached hydrogens (tertiary/aromatic N) is 1. The van der Waals surface area contributed by atoms with Gasteiger partial charge in [0.25, 0.3) is 11.8 Å². The van der Waals surface area contributed by atoms with Crippen molar-refractivity contribution in [2.45, 2.75) is 13.2 Å². The fourth-order valence-corrected chi connectivity index (χ4v) is 3.70. The maximum atomic E-state index is 13.7. The Labute approximate surface area is 188 Å². The lowest BCUT2D eigenvalue weighted by molar-refractivity contribution is 0.0641. The number of carbonyl (C=O) groups excluding carboxylic acids is 2. The van der Waals surface area contributed by atoms with Gasteiger partial charge >= 0.3 is 0 Å². The first-order valence-electron chi connectivity index (χ1n) is 8.75. The molecule has 1 aliphatic heterocycles. The molecule has 0 radical (unpaired) electrons. The van der Waals surface area contributed by atoms with E-state index in [1.807, 2.05) is 0 Å². The van der Waals surface area contributed by atoms with Gasteiger partial charge in [0.2, 0.25) is 0 Å². The molecule has 4 nitrogen and oxygen atoms in total. The first-order valence-corrected chi connectivity index (χ1v) is 10.3. The summed E-state index contributed by atoms with van der Waals surface area (Å²) in [4.78, 5) is 25.4. The second-order valence-corrected chi connectivity index (χ2v) is 8.20. The van der Waals surface area contributed by atoms with E-state index in [-0.39, 0.29) is 30.8 Å². The van der Waals surface area contributed by atoms with Crippen molar-refractivity contribution < 1.29 is 23.5 Å². The van der Waals surface area contributed by atoms with Crippen LogP contribution in [0.25, 0.3) is 0 Å². The van der Waals surface area contributed by atoms with Crippen LogP contribution in [0, 0.1) is 11.6 Å². The number of carbonyl (C=O) groups is 2. The highest BCUT2D eigenvalue weighted by Gasteiger charge is 2.35. The molecule has 154 valence electrons. The Balaban J connectivity index is 0.000000216. The zero-order chi connectivity index (χ0) is 21.8. The molecule has 0 saturated carbocycles. The Hall–Kier alpha value is -2.42. The number of rotatable bonds is 3. The van der Waals surface area contributed by atoms with Gasteiger partial charge in [-0.05, 0) is 48.5 Å². The molecule has 3 aromatic rings. The standard InChI is InChI=1S/C15H9BrFNO2.C7H6BrFO/c16-10-5-6-13(17)9(7-10)8-18-14(19)11-3-1-2-4-12(11)15(18)20;8-6-1-2-7(9)5(3-6)4-10/h1-7H,8H2;1-3,10H,4H2.